The van der Waals surface area contributed by atoms with Crippen molar-refractivity contribution in [2.75, 3.05) is 26.8 Å². The number of methoxy groups -OCH3 is 1. The molecule has 178 valence electrons. The van der Waals surface area contributed by atoms with Gasteiger partial charge in [-0.2, -0.15) is 13.2 Å². The van der Waals surface area contributed by atoms with E-state index in [0.29, 0.717) is 12.5 Å². The van der Waals surface area contributed by atoms with Gasteiger partial charge in [-0.15, -0.1) is 24.0 Å². The molecule has 0 aliphatic rings. The molecule has 2 aromatic rings. The number of hydrogen-bond acceptors (Lipinski definition) is 4. The average molecular weight is 567 g/mol. The number of nitrogens with zero attached hydrogens (tertiary/aromatic N) is 1. The van der Waals surface area contributed by atoms with Crippen molar-refractivity contribution in [2.45, 2.75) is 32.2 Å². The molecule has 0 saturated heterocycles. The average Bonchev–Trinajstić information content (AvgIpc) is 2.74. The van der Waals surface area contributed by atoms with Crippen molar-refractivity contribution in [3.8, 4) is 11.5 Å². The van der Waals surface area contributed by atoms with Crippen molar-refractivity contribution in [1.29, 1.82) is 0 Å². The Morgan fingerprint density at radius 1 is 1.06 bits per heavy atom. The van der Waals surface area contributed by atoms with E-state index in [4.69, 9.17) is 9.47 Å². The lowest BCUT2D eigenvalue weighted by molar-refractivity contribution is -0.153. The second kappa shape index (κ2) is 12.7. The van der Waals surface area contributed by atoms with Gasteiger partial charge in [0.1, 0.15) is 5.60 Å². The Kier molecular flexibility index (Phi) is 11.1. The number of guanidine groups is 1. The molecule has 0 aromatic heterocycles. The van der Waals surface area contributed by atoms with Crippen molar-refractivity contribution in [3.05, 3.63) is 59.7 Å². The fourth-order valence-corrected chi connectivity index (χ4v) is 2.76. The van der Waals surface area contributed by atoms with Crippen LogP contribution in [0.3, 0.4) is 0 Å². The number of aliphatic imine (C=N–C) groups is 1. The Bertz CT molecular complexity index is 862. The molecule has 0 fully saturated rings. The lowest BCUT2D eigenvalue weighted by atomic mass is 9.96. The lowest BCUT2D eigenvalue weighted by Gasteiger charge is -2.25. The largest absolute Gasteiger partial charge is 0.493 e. The van der Waals surface area contributed by atoms with Crippen LogP contribution < -0.4 is 20.1 Å². The van der Waals surface area contributed by atoms with E-state index in [-0.39, 0.29) is 48.6 Å². The van der Waals surface area contributed by atoms with E-state index in [1.807, 2.05) is 37.3 Å². The third-order valence-corrected chi connectivity index (χ3v) is 4.38. The van der Waals surface area contributed by atoms with Gasteiger partial charge in [0.2, 0.25) is 0 Å². The fraction of sp³-hybridized carbons (Fsp3) is 0.409. The van der Waals surface area contributed by atoms with Crippen LogP contribution in [-0.4, -0.2) is 44.0 Å². The first kappa shape index (κ1) is 27.8. The van der Waals surface area contributed by atoms with Crippen LogP contribution in [-0.2, 0) is 12.1 Å². The summed E-state index contributed by atoms with van der Waals surface area (Å²) < 4.78 is 47.1. The quantitative estimate of drug-likeness (QED) is 0.241. The molecule has 0 bridgehead atoms. The van der Waals surface area contributed by atoms with E-state index < -0.39 is 18.4 Å². The van der Waals surface area contributed by atoms with E-state index in [1.165, 1.54) is 13.2 Å². The number of ether oxygens (including phenoxy) is 2. The van der Waals surface area contributed by atoms with Crippen molar-refractivity contribution < 1.29 is 27.8 Å². The van der Waals surface area contributed by atoms with Gasteiger partial charge in [-0.1, -0.05) is 36.4 Å². The van der Waals surface area contributed by atoms with Crippen LogP contribution in [0.1, 0.15) is 25.0 Å². The molecule has 1 atom stereocenters. The third-order valence-electron chi connectivity index (χ3n) is 4.38. The van der Waals surface area contributed by atoms with Gasteiger partial charge in [0.25, 0.3) is 0 Å². The standard InChI is InChI=1S/C22H28F3N3O3.HI/c1-4-26-20(28-14-21(2,29)17-8-6-5-7-9-17)27-13-16-10-11-18(19(12-16)30-3)31-15-22(23,24)25;/h5-12,29H,4,13-15H2,1-3H3,(H2,26,27,28);1H. The van der Waals surface area contributed by atoms with Crippen molar-refractivity contribution in [2.24, 2.45) is 4.99 Å². The van der Waals surface area contributed by atoms with Crippen molar-refractivity contribution in [3.63, 3.8) is 0 Å². The molecule has 1 unspecified atom stereocenters. The van der Waals surface area contributed by atoms with E-state index in [9.17, 15) is 18.3 Å². The molecule has 0 amide bonds. The van der Waals surface area contributed by atoms with Crippen molar-refractivity contribution >= 4 is 29.9 Å². The lowest BCUT2D eigenvalue weighted by Crippen LogP contribution is -2.44. The molecule has 32 heavy (non-hydrogen) atoms. The van der Waals surface area contributed by atoms with E-state index in [0.717, 1.165) is 11.1 Å². The normalized spacial score (nSPS) is 13.5. The summed E-state index contributed by atoms with van der Waals surface area (Å²) in [5, 5.41) is 17.0. The zero-order chi connectivity index (χ0) is 22.9. The van der Waals surface area contributed by atoms with Gasteiger partial charge in [0.05, 0.1) is 20.2 Å². The number of benzene rings is 2. The van der Waals surface area contributed by atoms with Crippen LogP contribution in [0.5, 0.6) is 11.5 Å². The molecule has 3 N–H and O–H groups in total. The second-order valence-electron chi connectivity index (χ2n) is 7.08. The molecule has 6 nitrogen and oxygen atoms in total. The van der Waals surface area contributed by atoms with Gasteiger partial charge in [0.15, 0.2) is 24.1 Å². The Morgan fingerprint density at radius 2 is 1.75 bits per heavy atom. The monoisotopic (exact) mass is 567 g/mol. The summed E-state index contributed by atoms with van der Waals surface area (Å²) in [6.07, 6.45) is -4.43. The molecule has 10 heteroatoms. The zero-order valence-electron chi connectivity index (χ0n) is 18.2. The summed E-state index contributed by atoms with van der Waals surface area (Å²) in [6.45, 7) is 3.34. The number of nitrogens with one attached hydrogen (secondary N) is 2. The first-order chi connectivity index (χ1) is 14.6. The molecule has 0 spiro atoms. The summed E-state index contributed by atoms with van der Waals surface area (Å²) in [4.78, 5) is 4.48. The Balaban J connectivity index is 0.00000512. The van der Waals surface area contributed by atoms with Gasteiger partial charge < -0.3 is 25.2 Å². The van der Waals surface area contributed by atoms with Crippen LogP contribution in [0.15, 0.2) is 53.5 Å². The molecule has 2 aromatic carbocycles. The van der Waals surface area contributed by atoms with Gasteiger partial charge in [-0.05, 0) is 37.1 Å². The molecular formula is C22H29F3IN3O3. The summed E-state index contributed by atoms with van der Waals surface area (Å²) in [5.41, 5.74) is 0.402. The van der Waals surface area contributed by atoms with E-state index in [2.05, 4.69) is 15.6 Å². The molecule has 0 heterocycles. The summed E-state index contributed by atoms with van der Waals surface area (Å²) in [5.74, 6) is 0.702. The predicted molar refractivity (Wildman–Crippen MR) is 129 cm³/mol. The molecule has 2 rings (SSSR count). The maximum atomic E-state index is 12.4. The third kappa shape index (κ3) is 9.11. The smallest absolute Gasteiger partial charge is 0.422 e. The van der Waals surface area contributed by atoms with Crippen LogP contribution >= 0.6 is 24.0 Å². The second-order valence-corrected chi connectivity index (χ2v) is 7.08. The highest BCUT2D eigenvalue weighted by molar-refractivity contribution is 14.0. The first-order valence-corrected chi connectivity index (χ1v) is 9.81. The molecule has 0 aliphatic heterocycles. The Morgan fingerprint density at radius 3 is 2.34 bits per heavy atom. The van der Waals surface area contributed by atoms with E-state index >= 15 is 0 Å². The minimum Gasteiger partial charge on any atom is -0.493 e. The zero-order valence-corrected chi connectivity index (χ0v) is 20.5. The summed E-state index contributed by atoms with van der Waals surface area (Å²) in [7, 11) is 1.36. The highest BCUT2D eigenvalue weighted by atomic mass is 127. The fourth-order valence-electron chi connectivity index (χ4n) is 2.76. The summed E-state index contributed by atoms with van der Waals surface area (Å²) >= 11 is 0. The molecule has 0 aliphatic carbocycles. The number of aliphatic hydroxyl groups is 1. The van der Waals surface area contributed by atoms with Crippen molar-refractivity contribution in [1.82, 2.24) is 10.6 Å². The van der Waals surface area contributed by atoms with E-state index in [1.54, 1.807) is 19.1 Å². The minimum absolute atomic E-state index is 0. The SMILES string of the molecule is CCNC(=NCc1ccc(OCC(F)(F)F)c(OC)c1)NCC(C)(O)c1ccccc1.I. The topological polar surface area (TPSA) is 75.1 Å². The molecule has 0 radical (unpaired) electrons. The predicted octanol–water partition coefficient (Wildman–Crippen LogP) is 4.22. The number of hydrogen-bond donors (Lipinski definition) is 3. The first-order valence-electron chi connectivity index (χ1n) is 9.81. The minimum atomic E-state index is -4.43. The van der Waals surface area contributed by atoms with Gasteiger partial charge in [-0.3, -0.25) is 0 Å². The Labute approximate surface area is 203 Å². The maximum Gasteiger partial charge on any atom is 0.422 e. The number of halogens is 4. The van der Waals surface area contributed by atoms with Gasteiger partial charge >= 0.3 is 6.18 Å². The van der Waals surface area contributed by atoms with Gasteiger partial charge in [0, 0.05) is 6.54 Å². The van der Waals surface area contributed by atoms with Crippen LogP contribution in [0.4, 0.5) is 13.2 Å². The number of alkyl halides is 3. The highest BCUT2D eigenvalue weighted by Crippen LogP contribution is 2.30. The maximum absolute atomic E-state index is 12.4. The highest BCUT2D eigenvalue weighted by Gasteiger charge is 2.29. The Hall–Kier alpha value is -2.21. The molecular weight excluding hydrogens is 538 g/mol. The van der Waals surface area contributed by atoms with Crippen LogP contribution in [0, 0.1) is 0 Å². The van der Waals surface area contributed by atoms with Gasteiger partial charge in [-0.25, -0.2) is 4.99 Å². The van der Waals surface area contributed by atoms with Crippen LogP contribution in [0.25, 0.3) is 0 Å². The number of rotatable bonds is 9. The van der Waals surface area contributed by atoms with Crippen LogP contribution in [0.2, 0.25) is 0 Å². The summed E-state index contributed by atoms with van der Waals surface area (Å²) in [6, 6.07) is 13.9. The molecule has 0 saturated carbocycles.